The predicted octanol–water partition coefficient (Wildman–Crippen LogP) is -1.24. The molecule has 0 aliphatic heterocycles. The normalized spacial score (nSPS) is 17.1. The van der Waals surface area contributed by atoms with Crippen LogP contribution in [0.1, 0.15) is 13.3 Å². The molecule has 1 aliphatic carbocycles. The molecule has 0 saturated heterocycles. The van der Waals surface area contributed by atoms with Crippen molar-refractivity contribution in [1.82, 2.24) is 0 Å². The minimum atomic E-state index is -3.36. The van der Waals surface area contributed by atoms with Gasteiger partial charge >= 0.3 is 47.8 Å². The molecule has 186 valence electrons. The van der Waals surface area contributed by atoms with Gasteiger partial charge in [-0.25, -0.2) is 4.79 Å². The highest BCUT2D eigenvalue weighted by atomic mass is 16.4. The number of carboxylic acid groups (broad SMARTS) is 8. The zero-order valence-electron chi connectivity index (χ0n) is 16.9. The van der Waals surface area contributed by atoms with Gasteiger partial charge in [0.25, 0.3) is 5.41 Å². The summed E-state index contributed by atoms with van der Waals surface area (Å²) in [5, 5.41) is 70.1. The Morgan fingerprint density at radius 2 is 1.24 bits per heavy atom. The molecule has 0 aromatic carbocycles. The molecule has 0 radical (unpaired) electrons. The third-order valence-corrected chi connectivity index (χ3v) is 4.76. The molecule has 0 heterocycles. The van der Waals surface area contributed by atoms with E-state index < -0.39 is 82.4 Å². The van der Waals surface area contributed by atoms with E-state index >= 15 is 0 Å². The molecule has 16 heteroatoms. The number of carbonyl (C=O) groups is 8. The van der Waals surface area contributed by atoms with Gasteiger partial charge in [0.2, 0.25) is 5.41 Å². The van der Waals surface area contributed by atoms with Crippen LogP contribution in [0.4, 0.5) is 0 Å². The molecule has 0 amide bonds. The second kappa shape index (κ2) is 10.7. The zero-order valence-corrected chi connectivity index (χ0v) is 16.9. The van der Waals surface area contributed by atoms with Crippen molar-refractivity contribution in [2.75, 3.05) is 0 Å². The van der Waals surface area contributed by atoms with Crippen LogP contribution >= 0.6 is 0 Å². The number of rotatable bonds is 10. The maximum atomic E-state index is 11.0. The van der Waals surface area contributed by atoms with Crippen LogP contribution in [0, 0.1) is 22.7 Å². The van der Waals surface area contributed by atoms with Crippen LogP contribution in [0.15, 0.2) is 23.8 Å². The van der Waals surface area contributed by atoms with Crippen molar-refractivity contribution < 1.29 is 79.2 Å². The third kappa shape index (κ3) is 5.00. The number of carboxylic acids is 8. The fraction of sp³-hybridized carbons (Fsp3) is 0.333. The molecule has 16 nitrogen and oxygen atoms in total. The molecule has 1 aliphatic rings. The van der Waals surface area contributed by atoms with Gasteiger partial charge in [0.05, 0.1) is 17.4 Å². The molecule has 8 N–H and O–H groups in total. The summed E-state index contributed by atoms with van der Waals surface area (Å²) in [7, 11) is 0. The van der Waals surface area contributed by atoms with Crippen LogP contribution in [-0.4, -0.2) is 88.6 Å². The smallest absolute Gasteiger partial charge is 0.333 e. The number of hydrogen-bond donors (Lipinski definition) is 8. The lowest BCUT2D eigenvalue weighted by Gasteiger charge is -2.26. The first-order valence-electron chi connectivity index (χ1n) is 8.73. The topological polar surface area (TPSA) is 298 Å². The van der Waals surface area contributed by atoms with Crippen molar-refractivity contribution in [2.24, 2.45) is 22.7 Å². The summed E-state index contributed by atoms with van der Waals surface area (Å²) in [5.74, 6) is -18.8. The van der Waals surface area contributed by atoms with Gasteiger partial charge in [-0.1, -0.05) is 25.2 Å². The van der Waals surface area contributed by atoms with Crippen molar-refractivity contribution in [3.63, 3.8) is 0 Å². The van der Waals surface area contributed by atoms with E-state index in [-0.39, 0.29) is 0 Å². The summed E-state index contributed by atoms with van der Waals surface area (Å²) in [4.78, 5) is 86.7. The number of aliphatic carboxylic acids is 8. The Labute approximate surface area is 187 Å². The molecule has 1 rings (SSSR count). The van der Waals surface area contributed by atoms with Gasteiger partial charge in [-0.2, -0.15) is 0 Å². The summed E-state index contributed by atoms with van der Waals surface area (Å²) in [6, 6.07) is 0. The SMILES string of the molecule is CCC(C(=O)O)C(C(=O)O)(C(=O)O)C(=O)O.O=C(O)C1=CC(C(=O)O)C=CC1(C(=O)O)C(=O)O. The lowest BCUT2D eigenvalue weighted by Crippen LogP contribution is -2.54. The Morgan fingerprint density at radius 3 is 1.44 bits per heavy atom. The van der Waals surface area contributed by atoms with Crippen LogP contribution < -0.4 is 0 Å². The van der Waals surface area contributed by atoms with Gasteiger partial charge in [-0.15, -0.1) is 0 Å². The van der Waals surface area contributed by atoms with Crippen LogP contribution in [0.3, 0.4) is 0 Å². The van der Waals surface area contributed by atoms with Crippen LogP contribution in [0.25, 0.3) is 0 Å². The lowest BCUT2D eigenvalue weighted by molar-refractivity contribution is -0.185. The van der Waals surface area contributed by atoms with E-state index in [2.05, 4.69) is 0 Å². The van der Waals surface area contributed by atoms with E-state index in [1.165, 1.54) is 6.92 Å². The quantitative estimate of drug-likeness (QED) is 0.131. The summed E-state index contributed by atoms with van der Waals surface area (Å²) in [5.41, 5.74) is -7.13. The van der Waals surface area contributed by atoms with Crippen molar-refractivity contribution in [1.29, 1.82) is 0 Å². The Morgan fingerprint density at radius 1 is 0.824 bits per heavy atom. The molecule has 0 aromatic rings. The minimum absolute atomic E-state index is 0.430. The van der Waals surface area contributed by atoms with Gasteiger partial charge in [0, 0.05) is 0 Å². The molecule has 0 spiro atoms. The molecule has 0 bridgehead atoms. The fourth-order valence-electron chi connectivity index (χ4n) is 2.95. The average molecular weight is 490 g/mol. The van der Waals surface area contributed by atoms with Gasteiger partial charge in [-0.3, -0.25) is 33.6 Å². The maximum Gasteiger partial charge on any atom is 0.333 e. The molecule has 34 heavy (non-hydrogen) atoms. The fourth-order valence-corrected chi connectivity index (χ4v) is 2.95. The molecular weight excluding hydrogens is 472 g/mol. The average Bonchev–Trinajstić information content (AvgIpc) is 2.69. The Bertz CT molecular complexity index is 949. The highest BCUT2D eigenvalue weighted by Gasteiger charge is 2.62. The van der Waals surface area contributed by atoms with Crippen molar-refractivity contribution >= 4 is 47.8 Å². The Balaban J connectivity index is 0.000000646. The van der Waals surface area contributed by atoms with Crippen molar-refractivity contribution in [3.8, 4) is 0 Å². The van der Waals surface area contributed by atoms with E-state index in [1.807, 2.05) is 0 Å². The Hall–Kier alpha value is -4.76. The maximum absolute atomic E-state index is 11.0. The van der Waals surface area contributed by atoms with E-state index in [1.54, 1.807) is 0 Å². The van der Waals surface area contributed by atoms with Gasteiger partial charge in [0.1, 0.15) is 0 Å². The first kappa shape index (κ1) is 29.2. The van der Waals surface area contributed by atoms with Crippen molar-refractivity contribution in [3.05, 3.63) is 23.8 Å². The lowest BCUT2D eigenvalue weighted by atomic mass is 9.74. The first-order chi connectivity index (χ1) is 15.5. The van der Waals surface area contributed by atoms with E-state index in [9.17, 15) is 38.4 Å². The zero-order chi connectivity index (χ0) is 27.2. The molecule has 2 unspecified atom stereocenters. The minimum Gasteiger partial charge on any atom is -0.481 e. The van der Waals surface area contributed by atoms with Crippen LogP contribution in [0.2, 0.25) is 0 Å². The molecular formula is C18H18O16. The summed E-state index contributed by atoms with van der Waals surface area (Å²) < 4.78 is 0. The largest absolute Gasteiger partial charge is 0.481 e. The van der Waals surface area contributed by atoms with E-state index in [0.29, 0.717) is 12.2 Å². The van der Waals surface area contributed by atoms with Crippen LogP contribution in [0.5, 0.6) is 0 Å². The second-order valence-electron chi connectivity index (χ2n) is 6.55. The highest BCUT2D eigenvalue weighted by molar-refractivity contribution is 6.18. The molecule has 2 atom stereocenters. The summed E-state index contributed by atoms with van der Waals surface area (Å²) in [6.07, 6.45) is 1.57. The van der Waals surface area contributed by atoms with Crippen molar-refractivity contribution in [2.45, 2.75) is 13.3 Å². The molecule has 0 aromatic heterocycles. The third-order valence-electron chi connectivity index (χ3n) is 4.76. The summed E-state index contributed by atoms with van der Waals surface area (Å²) in [6.45, 7) is 1.20. The van der Waals surface area contributed by atoms with E-state index in [4.69, 9.17) is 40.9 Å². The van der Waals surface area contributed by atoms with Gasteiger partial charge in [-0.05, 0) is 6.42 Å². The monoisotopic (exact) mass is 490 g/mol. The molecule has 0 saturated carbocycles. The van der Waals surface area contributed by atoms with Crippen LogP contribution in [-0.2, 0) is 38.4 Å². The van der Waals surface area contributed by atoms with Gasteiger partial charge in [0.15, 0.2) is 0 Å². The molecule has 0 fully saturated rings. The van der Waals surface area contributed by atoms with Gasteiger partial charge < -0.3 is 40.9 Å². The predicted molar refractivity (Wildman–Crippen MR) is 100 cm³/mol. The van der Waals surface area contributed by atoms with E-state index in [0.717, 1.165) is 6.08 Å². The second-order valence-corrected chi connectivity index (χ2v) is 6.55. The first-order valence-corrected chi connectivity index (χ1v) is 8.73. The number of hydrogen-bond acceptors (Lipinski definition) is 8. The summed E-state index contributed by atoms with van der Waals surface area (Å²) >= 11 is 0. The highest BCUT2D eigenvalue weighted by Crippen LogP contribution is 2.36. The Kier molecular flexibility index (Phi) is 9.21. The standard InChI is InChI=1S/C10H8O8.C8H10O8/c11-6(12)4-1-2-10(8(15)16,9(17)18)5(3-4)7(13)14;1-2-3(4(9)10)8(5(11)12,6(13)14)7(15)16/h1-4H,(H,11,12)(H,13,14)(H,15,16)(H,17,18);3H,2H2,1H3,(H,9,10)(H,11,12)(H,13,14)(H,15,16).